The largest absolute Gasteiger partial charge is 0.494 e. The molecule has 16 heteroatoms. The van der Waals surface area contributed by atoms with Gasteiger partial charge in [-0.15, -0.1) is 5.10 Å². The number of nitrogens with one attached hydrogen (secondary N) is 2. The zero-order valence-corrected chi connectivity index (χ0v) is 31.5. The first-order valence-electron chi connectivity index (χ1n) is 18.8. The number of ketones is 1. The third-order valence-corrected chi connectivity index (χ3v) is 9.94. The van der Waals surface area contributed by atoms with Crippen LogP contribution in [0.2, 0.25) is 0 Å². The van der Waals surface area contributed by atoms with E-state index in [2.05, 4.69) is 41.2 Å². The monoisotopic (exact) mass is 752 g/mol. The first-order chi connectivity index (χ1) is 26.9. The van der Waals surface area contributed by atoms with E-state index >= 15 is 0 Å². The third-order valence-electron chi connectivity index (χ3n) is 9.94. The van der Waals surface area contributed by atoms with E-state index in [1.165, 1.54) is 35.4 Å². The molecule has 2 N–H and O–H groups in total. The van der Waals surface area contributed by atoms with Crippen molar-refractivity contribution in [1.29, 1.82) is 5.26 Å². The summed E-state index contributed by atoms with van der Waals surface area (Å²) in [5, 5.41) is 17.5. The van der Waals surface area contributed by atoms with Gasteiger partial charge in [-0.2, -0.15) is 9.94 Å². The summed E-state index contributed by atoms with van der Waals surface area (Å²) in [6.07, 6.45) is 6.06. The summed E-state index contributed by atoms with van der Waals surface area (Å²) >= 11 is 0. The molecule has 0 radical (unpaired) electrons. The number of methoxy groups -OCH3 is 1. The van der Waals surface area contributed by atoms with Crippen molar-refractivity contribution in [3.63, 3.8) is 0 Å². The van der Waals surface area contributed by atoms with Crippen LogP contribution in [-0.4, -0.2) is 149 Å². The number of likely N-dealkylation sites (tertiary alicyclic amines) is 1. The number of aromatic amines is 1. The Kier molecular flexibility index (Phi) is 13.7. The number of nitriles is 1. The van der Waals surface area contributed by atoms with Crippen LogP contribution in [0.1, 0.15) is 52.7 Å². The molecule has 0 atom stereocenters. The second-order valence-corrected chi connectivity index (χ2v) is 13.3. The van der Waals surface area contributed by atoms with Gasteiger partial charge in [0.1, 0.15) is 12.1 Å². The van der Waals surface area contributed by atoms with E-state index in [1.807, 2.05) is 37.3 Å². The van der Waals surface area contributed by atoms with Crippen LogP contribution in [0.15, 0.2) is 54.6 Å². The van der Waals surface area contributed by atoms with Gasteiger partial charge in [0.25, 0.3) is 17.6 Å². The molecule has 2 amide bonds. The van der Waals surface area contributed by atoms with E-state index in [9.17, 15) is 19.6 Å². The molecule has 0 saturated carbocycles. The molecule has 16 nitrogen and oxygen atoms in total. The lowest BCUT2D eigenvalue weighted by molar-refractivity contribution is -0.126. The number of pyridine rings is 1. The number of H-pyrrole nitrogens is 1. The number of carbonyl (C=O) groups is 3. The van der Waals surface area contributed by atoms with Gasteiger partial charge in [-0.1, -0.05) is 30.3 Å². The van der Waals surface area contributed by atoms with Crippen molar-refractivity contribution in [1.82, 2.24) is 44.7 Å². The number of rotatable bonds is 17. The molecule has 1 aromatic carbocycles. The number of nitrogens with zero attached hydrogens (tertiary/aromatic N) is 8. The molecular weight excluding hydrogens is 704 g/mol. The van der Waals surface area contributed by atoms with Gasteiger partial charge in [0.05, 0.1) is 61.2 Å². The average Bonchev–Trinajstić information content (AvgIpc) is 3.91. The van der Waals surface area contributed by atoms with Gasteiger partial charge >= 0.3 is 0 Å². The summed E-state index contributed by atoms with van der Waals surface area (Å²) in [4.78, 5) is 58.2. The predicted molar refractivity (Wildman–Crippen MR) is 204 cm³/mol. The highest BCUT2D eigenvalue weighted by molar-refractivity contribution is 6.45. The SMILES string of the molecule is CCOCCOCCN1CCN(CCCNC(=O)c2ncn(-c3ncc(OC)c4c(C(=O)C(=O)N5CCC(=C(C#N)c6ccccc6)CC5)c[nH]c34)n2)CC1. The van der Waals surface area contributed by atoms with E-state index in [-0.39, 0.29) is 17.2 Å². The molecule has 0 aliphatic carbocycles. The number of amides is 2. The topological polar surface area (TPSA) is 184 Å². The quantitative estimate of drug-likeness (QED) is 0.0697. The second kappa shape index (κ2) is 19.2. The smallest absolute Gasteiger partial charge is 0.295 e. The van der Waals surface area contributed by atoms with Gasteiger partial charge in [-0.3, -0.25) is 19.3 Å². The summed E-state index contributed by atoms with van der Waals surface area (Å²) in [7, 11) is 1.46. The van der Waals surface area contributed by atoms with Crippen molar-refractivity contribution in [2.24, 2.45) is 0 Å². The number of fused-ring (bicyclic) bond motifs is 1. The Balaban J connectivity index is 1.02. The molecule has 55 heavy (non-hydrogen) atoms. The number of piperazine rings is 1. The molecule has 2 aliphatic heterocycles. The van der Waals surface area contributed by atoms with Crippen LogP contribution >= 0.6 is 0 Å². The van der Waals surface area contributed by atoms with Gasteiger partial charge in [0, 0.05) is 65.2 Å². The molecule has 4 aromatic rings. The van der Waals surface area contributed by atoms with Gasteiger partial charge < -0.3 is 34.3 Å². The second-order valence-electron chi connectivity index (χ2n) is 13.3. The molecule has 290 valence electrons. The fraction of sp³-hybridized carbons (Fsp3) is 0.462. The van der Waals surface area contributed by atoms with E-state index in [1.54, 1.807) is 0 Å². The van der Waals surface area contributed by atoms with E-state index in [0.717, 1.165) is 56.8 Å². The van der Waals surface area contributed by atoms with Gasteiger partial charge in [0.15, 0.2) is 5.82 Å². The summed E-state index contributed by atoms with van der Waals surface area (Å²) in [5.41, 5.74) is 2.95. The van der Waals surface area contributed by atoms with Crippen molar-refractivity contribution < 1.29 is 28.6 Å². The fourth-order valence-electron chi connectivity index (χ4n) is 6.90. The normalized spacial score (nSPS) is 15.2. The van der Waals surface area contributed by atoms with Gasteiger partial charge in [-0.05, 0) is 43.9 Å². The van der Waals surface area contributed by atoms with E-state index in [0.29, 0.717) is 81.1 Å². The molecule has 0 spiro atoms. The van der Waals surface area contributed by atoms with Gasteiger partial charge in [0.2, 0.25) is 5.82 Å². The highest BCUT2D eigenvalue weighted by atomic mass is 16.5. The first kappa shape index (κ1) is 39.2. The molecule has 3 aromatic heterocycles. The van der Waals surface area contributed by atoms with Crippen molar-refractivity contribution in [2.45, 2.75) is 26.2 Å². The van der Waals surface area contributed by atoms with Crippen LogP contribution in [0.25, 0.3) is 22.3 Å². The molecule has 0 unspecified atom stereocenters. The maximum atomic E-state index is 13.7. The number of aromatic nitrogens is 5. The highest BCUT2D eigenvalue weighted by Gasteiger charge is 2.30. The molecule has 0 bridgehead atoms. The number of carbonyl (C=O) groups excluding carboxylic acids is 3. The Morgan fingerprint density at radius 3 is 2.38 bits per heavy atom. The molecule has 2 aliphatic rings. The Bertz CT molecular complexity index is 2000. The fourth-order valence-corrected chi connectivity index (χ4v) is 6.90. The van der Waals surface area contributed by atoms with E-state index in [4.69, 9.17) is 14.2 Å². The molecule has 2 fully saturated rings. The van der Waals surface area contributed by atoms with Crippen LogP contribution in [0.4, 0.5) is 0 Å². The Morgan fingerprint density at radius 1 is 0.945 bits per heavy atom. The summed E-state index contributed by atoms with van der Waals surface area (Å²) in [6, 6.07) is 11.8. The molecule has 2 saturated heterocycles. The number of piperidine rings is 1. The van der Waals surface area contributed by atoms with Crippen molar-refractivity contribution in [2.75, 3.05) is 92.4 Å². The third kappa shape index (κ3) is 9.62. The number of hydrogen-bond donors (Lipinski definition) is 2. The minimum Gasteiger partial charge on any atom is -0.494 e. The molecular formula is C39H48N10O6. The minimum atomic E-state index is -0.697. The van der Waals surface area contributed by atoms with Crippen LogP contribution in [-0.2, 0) is 14.3 Å². The Hall–Kier alpha value is -5.47. The predicted octanol–water partition coefficient (Wildman–Crippen LogP) is 2.73. The maximum absolute atomic E-state index is 13.7. The summed E-state index contributed by atoms with van der Waals surface area (Å²) in [6.45, 7) is 11.4. The summed E-state index contributed by atoms with van der Waals surface area (Å²) in [5.74, 6) is -1.19. The highest BCUT2D eigenvalue weighted by Crippen LogP contribution is 2.32. The standard InChI is InChI=1S/C39H48N10O6/c1-3-54-22-23-55-21-20-47-18-16-46(17-19-47)13-7-12-41-38(51)36-44-27-49(45-36)37-34-33(32(53-2)26-43-37)31(25-42-34)35(50)39(52)48-14-10-29(11-15-48)30(24-40)28-8-5-4-6-9-28/h4-6,8-9,25-27,42H,3,7,10-23H2,1-2H3,(H,41,51). The van der Waals surface area contributed by atoms with E-state index < -0.39 is 17.6 Å². The number of ether oxygens (including phenoxy) is 3. The van der Waals surface area contributed by atoms with Crippen molar-refractivity contribution in [3.8, 4) is 17.6 Å². The molecule has 6 rings (SSSR count). The Labute approximate surface area is 320 Å². The van der Waals surface area contributed by atoms with Crippen LogP contribution in [0.3, 0.4) is 0 Å². The van der Waals surface area contributed by atoms with Crippen LogP contribution in [0, 0.1) is 11.3 Å². The zero-order chi connectivity index (χ0) is 38.6. The summed E-state index contributed by atoms with van der Waals surface area (Å²) < 4.78 is 17.8. The minimum absolute atomic E-state index is 0.0220. The van der Waals surface area contributed by atoms with Crippen molar-refractivity contribution >= 4 is 34.1 Å². The lowest BCUT2D eigenvalue weighted by atomic mass is 9.93. The lowest BCUT2D eigenvalue weighted by Crippen LogP contribution is -2.47. The number of Topliss-reactive ketones (excluding diaryl/α,β-unsaturated/α-hetero) is 1. The number of allylic oxidation sites excluding steroid dienone is 1. The van der Waals surface area contributed by atoms with Gasteiger partial charge in [-0.25, -0.2) is 9.97 Å². The number of hydrogen-bond acceptors (Lipinski definition) is 12. The van der Waals surface area contributed by atoms with Crippen molar-refractivity contribution in [3.05, 3.63) is 71.6 Å². The van der Waals surface area contributed by atoms with Crippen LogP contribution < -0.4 is 10.1 Å². The Morgan fingerprint density at radius 2 is 1.67 bits per heavy atom. The number of benzene rings is 1. The first-order valence-corrected chi connectivity index (χ1v) is 18.8. The zero-order valence-electron chi connectivity index (χ0n) is 31.5. The van der Waals surface area contributed by atoms with Crippen LogP contribution in [0.5, 0.6) is 5.75 Å². The maximum Gasteiger partial charge on any atom is 0.295 e. The average molecular weight is 753 g/mol. The lowest BCUT2D eigenvalue weighted by Gasteiger charge is -2.34. The molecule has 5 heterocycles.